The predicted molar refractivity (Wildman–Crippen MR) is 135 cm³/mol. The second-order valence-electron chi connectivity index (χ2n) is 9.57. The van der Waals surface area contributed by atoms with Gasteiger partial charge in [-0.2, -0.15) is 5.10 Å². The fourth-order valence-electron chi connectivity index (χ4n) is 6.15. The summed E-state index contributed by atoms with van der Waals surface area (Å²) in [6.07, 6.45) is 1.93. The molecule has 1 saturated heterocycles. The summed E-state index contributed by atoms with van der Waals surface area (Å²) in [6, 6.07) is 12.2. The van der Waals surface area contributed by atoms with Crippen LogP contribution in [0, 0.1) is 13.8 Å². The number of carbonyl (C=O) groups is 1. The number of benzene rings is 1. The summed E-state index contributed by atoms with van der Waals surface area (Å²) in [5.74, 6) is -0.0229. The van der Waals surface area contributed by atoms with E-state index in [4.69, 9.17) is 9.84 Å². The Morgan fingerprint density at radius 2 is 1.97 bits per heavy atom. The minimum absolute atomic E-state index is 0.0229. The van der Waals surface area contributed by atoms with Crippen LogP contribution >= 0.6 is 11.3 Å². The zero-order chi connectivity index (χ0) is 23.9. The van der Waals surface area contributed by atoms with Crippen molar-refractivity contribution in [3.63, 3.8) is 0 Å². The molecule has 34 heavy (non-hydrogen) atoms. The van der Waals surface area contributed by atoms with E-state index in [-0.39, 0.29) is 23.5 Å². The number of nitrogens with one attached hydrogen (secondary N) is 1. The molecule has 1 spiro atoms. The van der Waals surface area contributed by atoms with Crippen LogP contribution in [0.5, 0.6) is 0 Å². The summed E-state index contributed by atoms with van der Waals surface area (Å²) in [7, 11) is 1.79. The third kappa shape index (κ3) is 3.80. The molecule has 0 unspecified atom stereocenters. The molecule has 0 saturated carbocycles. The lowest BCUT2D eigenvalue weighted by Gasteiger charge is -2.44. The van der Waals surface area contributed by atoms with Gasteiger partial charge in [0.25, 0.3) is 5.91 Å². The van der Waals surface area contributed by atoms with E-state index in [1.54, 1.807) is 7.11 Å². The number of thiophene rings is 1. The van der Waals surface area contributed by atoms with E-state index < -0.39 is 0 Å². The molecule has 3 heterocycles. The Hall–Kier alpha value is -2.48. The van der Waals surface area contributed by atoms with Crippen molar-refractivity contribution in [2.75, 3.05) is 20.2 Å². The summed E-state index contributed by atoms with van der Waals surface area (Å²) in [4.78, 5) is 16.3. The fourth-order valence-corrected chi connectivity index (χ4v) is 6.78. The molecule has 180 valence electrons. The van der Waals surface area contributed by atoms with Gasteiger partial charge in [0.05, 0.1) is 22.7 Å². The Morgan fingerprint density at radius 3 is 2.62 bits per heavy atom. The Balaban J connectivity index is 1.38. The van der Waals surface area contributed by atoms with Gasteiger partial charge in [-0.25, -0.2) is 0 Å². The zero-order valence-electron chi connectivity index (χ0n) is 20.5. The summed E-state index contributed by atoms with van der Waals surface area (Å²) in [5, 5.41) is 9.96. The average molecular weight is 479 g/mol. The van der Waals surface area contributed by atoms with Gasteiger partial charge in [0, 0.05) is 36.9 Å². The van der Waals surface area contributed by atoms with E-state index in [0.717, 1.165) is 49.6 Å². The number of aryl methyl sites for hydroxylation is 2. The number of piperidine rings is 1. The highest BCUT2D eigenvalue weighted by molar-refractivity contribution is 7.12. The maximum atomic E-state index is 13.0. The summed E-state index contributed by atoms with van der Waals surface area (Å²) in [6.45, 7) is 10.3. The van der Waals surface area contributed by atoms with Crippen LogP contribution in [-0.4, -0.2) is 46.9 Å². The van der Waals surface area contributed by atoms with Crippen molar-refractivity contribution in [1.29, 1.82) is 0 Å². The van der Waals surface area contributed by atoms with Gasteiger partial charge in [-0.15, -0.1) is 11.3 Å². The number of carbonyl (C=O) groups excluding carboxylic acids is 1. The van der Waals surface area contributed by atoms with Crippen LogP contribution in [0.2, 0.25) is 0 Å². The Bertz CT molecular complexity index is 1160. The highest BCUT2D eigenvalue weighted by atomic mass is 32.1. The monoisotopic (exact) mass is 478 g/mol. The molecule has 1 N–H and O–H groups in total. The fraction of sp³-hybridized carbons (Fsp3) is 0.481. The standard InChI is InChI=1S/C27H34N4O2S/c1-5-31-19(3)21(18(2)29-31)17-30-14-12-27(13-15-30)22-10-7-6-9-20(22)24(25(27)33-4)28-26(32)23-11-8-16-34-23/h6-11,16,24-25H,5,12-15,17H2,1-4H3,(H,28,32)/t24-,25+/m1/s1. The molecule has 5 rings (SSSR count). The number of aromatic nitrogens is 2. The highest BCUT2D eigenvalue weighted by Crippen LogP contribution is 2.52. The van der Waals surface area contributed by atoms with Crippen molar-refractivity contribution in [1.82, 2.24) is 20.0 Å². The lowest BCUT2D eigenvalue weighted by molar-refractivity contribution is -0.0122. The van der Waals surface area contributed by atoms with E-state index in [0.29, 0.717) is 0 Å². The summed E-state index contributed by atoms with van der Waals surface area (Å²) < 4.78 is 8.29. The second kappa shape index (κ2) is 9.29. The van der Waals surface area contributed by atoms with E-state index in [1.165, 1.54) is 33.7 Å². The van der Waals surface area contributed by atoms with Crippen LogP contribution in [0.4, 0.5) is 0 Å². The van der Waals surface area contributed by atoms with Crippen molar-refractivity contribution in [2.45, 2.75) is 64.3 Å². The van der Waals surface area contributed by atoms with Crippen molar-refractivity contribution in [3.8, 4) is 0 Å². The largest absolute Gasteiger partial charge is 0.378 e. The molecule has 1 fully saturated rings. The maximum absolute atomic E-state index is 13.0. The predicted octanol–water partition coefficient (Wildman–Crippen LogP) is 4.61. The van der Waals surface area contributed by atoms with Crippen molar-refractivity contribution >= 4 is 17.2 Å². The first-order chi connectivity index (χ1) is 16.5. The van der Waals surface area contributed by atoms with Crippen LogP contribution in [-0.2, 0) is 23.2 Å². The number of ether oxygens (including phenoxy) is 1. The smallest absolute Gasteiger partial charge is 0.261 e. The summed E-state index contributed by atoms with van der Waals surface area (Å²) >= 11 is 1.47. The maximum Gasteiger partial charge on any atom is 0.261 e. The molecule has 7 heteroatoms. The Morgan fingerprint density at radius 1 is 1.21 bits per heavy atom. The summed E-state index contributed by atoms with van der Waals surface area (Å²) in [5.41, 5.74) is 6.21. The van der Waals surface area contributed by atoms with Gasteiger partial charge in [-0.1, -0.05) is 30.3 Å². The van der Waals surface area contributed by atoms with E-state index in [9.17, 15) is 4.79 Å². The first-order valence-electron chi connectivity index (χ1n) is 12.2. The zero-order valence-corrected chi connectivity index (χ0v) is 21.3. The van der Waals surface area contributed by atoms with Crippen molar-refractivity contribution in [3.05, 3.63) is 74.7 Å². The Labute approximate surface area is 205 Å². The van der Waals surface area contributed by atoms with Gasteiger partial charge in [0.2, 0.25) is 0 Å². The van der Waals surface area contributed by atoms with Crippen molar-refractivity contribution < 1.29 is 9.53 Å². The van der Waals surface area contributed by atoms with Crippen LogP contribution in [0.3, 0.4) is 0 Å². The molecule has 1 aromatic carbocycles. The molecule has 1 aliphatic carbocycles. The van der Waals surface area contributed by atoms with Crippen LogP contribution in [0.15, 0.2) is 41.8 Å². The lowest BCUT2D eigenvalue weighted by atomic mass is 9.71. The number of fused-ring (bicyclic) bond motifs is 2. The minimum atomic E-state index is -0.144. The van der Waals surface area contributed by atoms with Gasteiger partial charge in [0.15, 0.2) is 0 Å². The first-order valence-corrected chi connectivity index (χ1v) is 13.1. The molecular formula is C27H34N4O2S. The molecule has 2 aliphatic rings. The SMILES string of the molecule is CCn1nc(C)c(CN2CCC3(CC2)c2ccccc2[C@@H](NC(=O)c2cccs2)[C@@H]3OC)c1C. The van der Waals surface area contributed by atoms with Crippen LogP contribution in [0.25, 0.3) is 0 Å². The molecule has 2 atom stereocenters. The molecule has 6 nitrogen and oxygen atoms in total. The topological polar surface area (TPSA) is 59.4 Å². The molecule has 1 aliphatic heterocycles. The van der Waals surface area contributed by atoms with E-state index in [2.05, 4.69) is 59.9 Å². The number of amides is 1. The van der Waals surface area contributed by atoms with Crippen LogP contribution in [0.1, 0.15) is 63.6 Å². The number of hydrogen-bond donors (Lipinski definition) is 1. The van der Waals surface area contributed by atoms with Gasteiger partial charge >= 0.3 is 0 Å². The normalized spacial score (nSPS) is 21.6. The van der Waals surface area contributed by atoms with E-state index >= 15 is 0 Å². The quantitative estimate of drug-likeness (QED) is 0.562. The van der Waals surface area contributed by atoms with Gasteiger partial charge in [-0.3, -0.25) is 14.4 Å². The Kier molecular flexibility index (Phi) is 6.35. The molecule has 1 amide bonds. The molecular weight excluding hydrogens is 444 g/mol. The lowest BCUT2D eigenvalue weighted by Crippen LogP contribution is -2.50. The van der Waals surface area contributed by atoms with Crippen LogP contribution < -0.4 is 5.32 Å². The number of methoxy groups -OCH3 is 1. The molecule has 0 bridgehead atoms. The second-order valence-corrected chi connectivity index (χ2v) is 10.5. The third-order valence-electron chi connectivity index (χ3n) is 7.93. The number of likely N-dealkylation sites (tertiary alicyclic amines) is 1. The number of hydrogen-bond acceptors (Lipinski definition) is 5. The highest BCUT2D eigenvalue weighted by Gasteiger charge is 2.54. The molecule has 0 radical (unpaired) electrons. The number of nitrogens with zero attached hydrogens (tertiary/aromatic N) is 3. The average Bonchev–Trinajstić information content (AvgIpc) is 3.54. The number of rotatable bonds is 6. The molecule has 2 aromatic heterocycles. The van der Waals surface area contributed by atoms with Crippen molar-refractivity contribution in [2.24, 2.45) is 0 Å². The molecule has 3 aromatic rings. The minimum Gasteiger partial charge on any atom is -0.378 e. The van der Waals surface area contributed by atoms with Gasteiger partial charge in [0.1, 0.15) is 0 Å². The first kappa shape index (κ1) is 23.3. The van der Waals surface area contributed by atoms with E-state index in [1.807, 2.05) is 17.5 Å². The third-order valence-corrected chi connectivity index (χ3v) is 8.79. The van der Waals surface area contributed by atoms with Gasteiger partial charge in [-0.05, 0) is 69.3 Å². The van der Waals surface area contributed by atoms with Gasteiger partial charge < -0.3 is 10.1 Å².